The van der Waals surface area contributed by atoms with Crippen molar-refractivity contribution in [2.24, 2.45) is 0 Å². The molecule has 0 aliphatic carbocycles. The minimum Gasteiger partial charge on any atom is -0.455 e. The monoisotopic (exact) mass is 626 g/mol. The number of rotatable bonds is 5. The van der Waals surface area contributed by atoms with Gasteiger partial charge >= 0.3 is 0 Å². The van der Waals surface area contributed by atoms with Gasteiger partial charge in [0.05, 0.1) is 22.1 Å². The van der Waals surface area contributed by atoms with Crippen molar-refractivity contribution in [3.63, 3.8) is 0 Å². The van der Waals surface area contributed by atoms with Crippen molar-refractivity contribution < 1.29 is 4.42 Å². The van der Waals surface area contributed by atoms with Gasteiger partial charge < -0.3 is 13.9 Å². The van der Waals surface area contributed by atoms with Crippen molar-refractivity contribution in [1.82, 2.24) is 4.57 Å². The summed E-state index contributed by atoms with van der Waals surface area (Å²) in [7, 11) is 0. The Morgan fingerprint density at radius 1 is 0.449 bits per heavy atom. The molecular formula is C46H30N2O. The molecule has 3 nitrogen and oxygen atoms in total. The van der Waals surface area contributed by atoms with E-state index in [4.69, 9.17) is 4.42 Å². The summed E-state index contributed by atoms with van der Waals surface area (Å²) in [6, 6.07) is 64.9. The van der Waals surface area contributed by atoms with Gasteiger partial charge in [-0.15, -0.1) is 0 Å². The average Bonchev–Trinajstić information content (AvgIpc) is 3.72. The van der Waals surface area contributed by atoms with Gasteiger partial charge in [0.2, 0.25) is 0 Å². The van der Waals surface area contributed by atoms with E-state index in [2.05, 4.69) is 185 Å². The van der Waals surface area contributed by atoms with Crippen LogP contribution in [0.1, 0.15) is 0 Å². The summed E-state index contributed by atoms with van der Waals surface area (Å²) in [6.45, 7) is 0. The normalized spacial score (nSPS) is 11.7. The lowest BCUT2D eigenvalue weighted by Crippen LogP contribution is -2.10. The van der Waals surface area contributed by atoms with Gasteiger partial charge in [0, 0.05) is 38.8 Å². The zero-order valence-corrected chi connectivity index (χ0v) is 26.6. The molecule has 0 aliphatic heterocycles. The molecule has 8 aromatic carbocycles. The van der Waals surface area contributed by atoms with Crippen LogP contribution in [0.25, 0.3) is 71.3 Å². The highest BCUT2D eigenvalue weighted by molar-refractivity contribution is 6.17. The molecule has 0 bridgehead atoms. The predicted octanol–water partition coefficient (Wildman–Crippen LogP) is 13.0. The van der Waals surface area contributed by atoms with E-state index in [1.54, 1.807) is 0 Å². The maximum Gasteiger partial charge on any atom is 0.145 e. The zero-order chi connectivity index (χ0) is 32.3. The van der Waals surface area contributed by atoms with Crippen molar-refractivity contribution in [1.29, 1.82) is 0 Å². The molecule has 0 unspecified atom stereocenters. The number of benzene rings is 8. The molecule has 0 saturated carbocycles. The third-order valence-electron chi connectivity index (χ3n) is 9.75. The average molecular weight is 627 g/mol. The molecule has 0 amide bonds. The third kappa shape index (κ3) is 4.37. The minimum atomic E-state index is 0.872. The molecule has 0 radical (unpaired) electrons. The van der Waals surface area contributed by atoms with Gasteiger partial charge in [0.25, 0.3) is 0 Å². The fourth-order valence-electron chi connectivity index (χ4n) is 7.56. The highest BCUT2D eigenvalue weighted by atomic mass is 16.3. The topological polar surface area (TPSA) is 21.3 Å². The third-order valence-corrected chi connectivity index (χ3v) is 9.75. The number of para-hydroxylation sites is 4. The quantitative estimate of drug-likeness (QED) is 0.190. The van der Waals surface area contributed by atoms with E-state index < -0.39 is 0 Å². The van der Waals surface area contributed by atoms with Crippen molar-refractivity contribution in [2.75, 3.05) is 4.90 Å². The maximum atomic E-state index is 6.81. The first-order valence-electron chi connectivity index (χ1n) is 16.7. The Balaban J connectivity index is 1.22. The summed E-state index contributed by atoms with van der Waals surface area (Å²) in [4.78, 5) is 2.36. The first-order valence-corrected chi connectivity index (χ1v) is 16.7. The number of anilines is 3. The van der Waals surface area contributed by atoms with Gasteiger partial charge in [-0.25, -0.2) is 0 Å². The Hall–Kier alpha value is -6.58. The Morgan fingerprint density at radius 2 is 1.12 bits per heavy atom. The van der Waals surface area contributed by atoms with Crippen LogP contribution in [0.4, 0.5) is 17.1 Å². The van der Waals surface area contributed by atoms with Crippen molar-refractivity contribution >= 4 is 71.6 Å². The molecule has 0 spiro atoms. The van der Waals surface area contributed by atoms with Crippen molar-refractivity contribution in [2.45, 2.75) is 0 Å². The van der Waals surface area contributed by atoms with Crippen LogP contribution in [0.2, 0.25) is 0 Å². The van der Waals surface area contributed by atoms with E-state index in [0.29, 0.717) is 0 Å². The number of fused-ring (bicyclic) bond motifs is 7. The SMILES string of the molecule is c1ccc(N(c2ccc3ccccc3c2)c2ccc(-c3cccc(-n4c5ccccc5c5ccccc54)c3)c3oc4ccccc4c23)cc1. The van der Waals surface area contributed by atoms with Gasteiger partial charge in [-0.2, -0.15) is 0 Å². The van der Waals surface area contributed by atoms with Crippen LogP contribution in [0.15, 0.2) is 186 Å². The second-order valence-electron chi connectivity index (χ2n) is 12.6. The number of hydrogen-bond donors (Lipinski definition) is 0. The second kappa shape index (κ2) is 11.0. The Bertz CT molecular complexity index is 2790. The van der Waals surface area contributed by atoms with Crippen molar-refractivity contribution in [3.8, 4) is 16.8 Å². The van der Waals surface area contributed by atoms with E-state index in [1.807, 2.05) is 6.07 Å². The molecule has 0 aliphatic rings. The molecule has 0 fully saturated rings. The van der Waals surface area contributed by atoms with Gasteiger partial charge in [0.15, 0.2) is 0 Å². The Kier molecular flexibility index (Phi) is 6.18. The number of furan rings is 1. The highest BCUT2D eigenvalue weighted by Gasteiger charge is 2.22. The number of hydrogen-bond acceptors (Lipinski definition) is 2. The first kappa shape index (κ1) is 27.5. The van der Waals surface area contributed by atoms with Gasteiger partial charge in [-0.05, 0) is 83.1 Å². The zero-order valence-electron chi connectivity index (χ0n) is 26.6. The van der Waals surface area contributed by atoms with E-state index in [-0.39, 0.29) is 0 Å². The lowest BCUT2D eigenvalue weighted by molar-refractivity contribution is 0.670. The largest absolute Gasteiger partial charge is 0.455 e. The van der Waals surface area contributed by atoms with Gasteiger partial charge in [0.1, 0.15) is 11.2 Å². The molecule has 0 N–H and O–H groups in total. The summed E-state index contributed by atoms with van der Waals surface area (Å²) >= 11 is 0. The highest BCUT2D eigenvalue weighted by Crippen LogP contribution is 2.46. The standard InChI is InChI=1S/C46H30N2O/c1-2-16-34(17-3-1)47(36-26-25-31-13-4-5-14-32(31)29-36)43-28-27-37(46-45(43)40-21-8-11-24-44(40)49-46)33-15-12-18-35(30-33)48-41-22-9-6-19-38(41)39-20-7-10-23-42(39)48/h1-30H. The molecular weight excluding hydrogens is 597 g/mol. The van der Waals surface area contributed by atoms with Crippen LogP contribution in [0, 0.1) is 0 Å². The Labute approximate surface area is 283 Å². The summed E-state index contributed by atoms with van der Waals surface area (Å²) in [5.74, 6) is 0. The Morgan fingerprint density at radius 3 is 1.92 bits per heavy atom. The van der Waals surface area contributed by atoms with Crippen LogP contribution in [-0.2, 0) is 0 Å². The van der Waals surface area contributed by atoms with Gasteiger partial charge in [-0.3, -0.25) is 0 Å². The molecule has 49 heavy (non-hydrogen) atoms. The fraction of sp³-hybridized carbons (Fsp3) is 0. The van der Waals surface area contributed by atoms with Crippen LogP contribution >= 0.6 is 0 Å². The van der Waals surface area contributed by atoms with E-state index in [0.717, 1.165) is 55.8 Å². The molecule has 0 saturated heterocycles. The second-order valence-corrected chi connectivity index (χ2v) is 12.6. The number of nitrogens with zero attached hydrogens (tertiary/aromatic N) is 2. The van der Waals surface area contributed by atoms with Crippen LogP contribution in [0.3, 0.4) is 0 Å². The molecule has 2 aromatic heterocycles. The molecule has 2 heterocycles. The minimum absolute atomic E-state index is 0.872. The molecule has 0 atom stereocenters. The van der Waals surface area contributed by atoms with Crippen molar-refractivity contribution in [3.05, 3.63) is 182 Å². The van der Waals surface area contributed by atoms with Crippen LogP contribution in [-0.4, -0.2) is 4.57 Å². The van der Waals surface area contributed by atoms with E-state index in [1.165, 1.54) is 32.6 Å². The molecule has 230 valence electrons. The van der Waals surface area contributed by atoms with Gasteiger partial charge in [-0.1, -0.05) is 115 Å². The predicted molar refractivity (Wildman–Crippen MR) is 206 cm³/mol. The fourth-order valence-corrected chi connectivity index (χ4v) is 7.56. The van der Waals surface area contributed by atoms with Crippen LogP contribution < -0.4 is 4.90 Å². The molecule has 3 heteroatoms. The molecule has 10 rings (SSSR count). The summed E-state index contributed by atoms with van der Waals surface area (Å²) < 4.78 is 9.18. The molecule has 10 aromatic rings. The number of aromatic nitrogens is 1. The lowest BCUT2D eigenvalue weighted by Gasteiger charge is -2.27. The van der Waals surface area contributed by atoms with E-state index in [9.17, 15) is 0 Å². The first-order chi connectivity index (χ1) is 24.3. The maximum absolute atomic E-state index is 6.81. The summed E-state index contributed by atoms with van der Waals surface area (Å²) in [5, 5.41) is 7.11. The van der Waals surface area contributed by atoms with Crippen LogP contribution in [0.5, 0.6) is 0 Å². The lowest BCUT2D eigenvalue weighted by atomic mass is 9.99. The smallest absolute Gasteiger partial charge is 0.145 e. The summed E-state index contributed by atoms with van der Waals surface area (Å²) in [5.41, 5.74) is 10.7. The van der Waals surface area contributed by atoms with E-state index >= 15 is 0 Å². The summed E-state index contributed by atoms with van der Waals surface area (Å²) in [6.07, 6.45) is 0.